The van der Waals surface area contributed by atoms with Crippen molar-refractivity contribution in [2.75, 3.05) is 6.54 Å². The smallest absolute Gasteiger partial charge is 0.290 e. The number of aromatic amines is 1. The second-order valence-electron chi connectivity index (χ2n) is 4.39. The van der Waals surface area contributed by atoms with E-state index >= 15 is 0 Å². The molecule has 0 saturated heterocycles. The van der Waals surface area contributed by atoms with E-state index in [-0.39, 0.29) is 11.7 Å². The lowest BCUT2D eigenvalue weighted by Gasteiger charge is -2.05. The fourth-order valence-electron chi connectivity index (χ4n) is 1.84. The lowest BCUT2D eigenvalue weighted by Crippen LogP contribution is -2.26. The van der Waals surface area contributed by atoms with Gasteiger partial charge in [-0.3, -0.25) is 9.89 Å². The van der Waals surface area contributed by atoms with Gasteiger partial charge in [-0.2, -0.15) is 0 Å². The van der Waals surface area contributed by atoms with Gasteiger partial charge in [0.05, 0.1) is 0 Å². The highest BCUT2D eigenvalue weighted by Gasteiger charge is 2.11. The minimum atomic E-state index is -0.232. The molecule has 2 N–H and O–H groups in total. The normalized spacial score (nSPS) is 10.4. The van der Waals surface area contributed by atoms with Crippen LogP contribution in [0.1, 0.15) is 34.5 Å². The SMILES string of the molecule is CCc1nc(C(=O)NCCc2ccccc2C)n[nH]1. The van der Waals surface area contributed by atoms with Gasteiger partial charge in [0.25, 0.3) is 5.91 Å². The summed E-state index contributed by atoms with van der Waals surface area (Å²) in [5.74, 6) is 0.704. The molecular weight excluding hydrogens is 240 g/mol. The molecular formula is C14H18N4O. The van der Waals surface area contributed by atoms with Crippen molar-refractivity contribution in [1.29, 1.82) is 0 Å². The van der Waals surface area contributed by atoms with Crippen molar-refractivity contribution in [2.45, 2.75) is 26.7 Å². The second-order valence-corrected chi connectivity index (χ2v) is 4.39. The number of nitrogens with zero attached hydrogens (tertiary/aromatic N) is 2. The average molecular weight is 258 g/mol. The highest BCUT2D eigenvalue weighted by atomic mass is 16.2. The van der Waals surface area contributed by atoms with Crippen LogP contribution in [0.4, 0.5) is 0 Å². The van der Waals surface area contributed by atoms with E-state index < -0.39 is 0 Å². The van der Waals surface area contributed by atoms with Crippen molar-refractivity contribution < 1.29 is 4.79 Å². The van der Waals surface area contributed by atoms with E-state index in [0.717, 1.165) is 18.7 Å². The molecule has 0 atom stereocenters. The van der Waals surface area contributed by atoms with E-state index in [1.165, 1.54) is 11.1 Å². The Bertz CT molecular complexity index is 562. The molecule has 0 unspecified atom stereocenters. The molecule has 0 aliphatic rings. The summed E-state index contributed by atoms with van der Waals surface area (Å²) in [5, 5.41) is 9.44. The molecule has 0 aliphatic carbocycles. The molecule has 0 fully saturated rings. The zero-order valence-corrected chi connectivity index (χ0v) is 11.2. The number of nitrogens with one attached hydrogen (secondary N) is 2. The van der Waals surface area contributed by atoms with E-state index in [9.17, 15) is 4.79 Å². The number of amides is 1. The Morgan fingerprint density at radius 1 is 1.37 bits per heavy atom. The molecule has 2 aromatic rings. The molecule has 19 heavy (non-hydrogen) atoms. The Labute approximate surface area is 112 Å². The van der Waals surface area contributed by atoms with E-state index in [4.69, 9.17) is 0 Å². The number of aromatic nitrogens is 3. The summed E-state index contributed by atoms with van der Waals surface area (Å²) in [6, 6.07) is 8.16. The molecule has 0 aliphatic heterocycles. The lowest BCUT2D eigenvalue weighted by atomic mass is 10.1. The van der Waals surface area contributed by atoms with E-state index in [2.05, 4.69) is 39.6 Å². The van der Waals surface area contributed by atoms with Crippen LogP contribution in [0.3, 0.4) is 0 Å². The first kappa shape index (κ1) is 13.3. The van der Waals surface area contributed by atoms with Gasteiger partial charge in [0.2, 0.25) is 5.82 Å². The summed E-state index contributed by atoms with van der Waals surface area (Å²) in [6.07, 6.45) is 1.55. The van der Waals surface area contributed by atoms with Gasteiger partial charge >= 0.3 is 0 Å². The number of H-pyrrole nitrogens is 1. The van der Waals surface area contributed by atoms with Gasteiger partial charge in [-0.1, -0.05) is 31.2 Å². The van der Waals surface area contributed by atoms with Gasteiger partial charge in [-0.25, -0.2) is 4.98 Å². The first-order valence-electron chi connectivity index (χ1n) is 6.44. The summed E-state index contributed by atoms with van der Waals surface area (Å²) in [6.45, 7) is 4.61. The Morgan fingerprint density at radius 3 is 2.84 bits per heavy atom. The molecule has 5 nitrogen and oxygen atoms in total. The first-order valence-corrected chi connectivity index (χ1v) is 6.44. The standard InChI is InChI=1S/C14H18N4O/c1-3-12-16-13(18-17-12)14(19)15-9-8-11-7-5-4-6-10(11)2/h4-7H,3,8-9H2,1-2H3,(H,15,19)(H,16,17,18). The summed E-state index contributed by atoms with van der Waals surface area (Å²) >= 11 is 0. The quantitative estimate of drug-likeness (QED) is 0.856. The third kappa shape index (κ3) is 3.40. The van der Waals surface area contributed by atoms with Crippen LogP contribution >= 0.6 is 0 Å². The fourth-order valence-corrected chi connectivity index (χ4v) is 1.84. The second kappa shape index (κ2) is 6.13. The zero-order valence-electron chi connectivity index (χ0n) is 11.2. The number of carbonyl (C=O) groups excluding carboxylic acids is 1. The Morgan fingerprint density at radius 2 is 2.16 bits per heavy atom. The minimum absolute atomic E-state index is 0.210. The van der Waals surface area contributed by atoms with Crippen LogP contribution in [-0.2, 0) is 12.8 Å². The van der Waals surface area contributed by atoms with Crippen molar-refractivity contribution >= 4 is 5.91 Å². The van der Waals surface area contributed by atoms with Gasteiger partial charge in [0.15, 0.2) is 0 Å². The van der Waals surface area contributed by atoms with Crippen molar-refractivity contribution in [2.24, 2.45) is 0 Å². The lowest BCUT2D eigenvalue weighted by molar-refractivity contribution is 0.0944. The molecule has 0 saturated carbocycles. The van der Waals surface area contributed by atoms with Crippen LogP contribution in [0, 0.1) is 6.92 Å². The Balaban J connectivity index is 1.86. The van der Waals surface area contributed by atoms with Crippen LogP contribution < -0.4 is 5.32 Å². The number of carbonyl (C=O) groups is 1. The first-order chi connectivity index (χ1) is 9.20. The van der Waals surface area contributed by atoms with E-state index in [1.807, 2.05) is 19.1 Å². The summed E-state index contributed by atoms with van der Waals surface area (Å²) in [5.41, 5.74) is 2.48. The molecule has 1 aromatic heterocycles. The predicted octanol–water partition coefficient (Wildman–Crippen LogP) is 1.65. The topological polar surface area (TPSA) is 70.7 Å². The highest BCUT2D eigenvalue weighted by Crippen LogP contribution is 2.06. The van der Waals surface area contributed by atoms with Crippen molar-refractivity contribution in [3.63, 3.8) is 0 Å². The van der Waals surface area contributed by atoms with Gasteiger partial charge in [0.1, 0.15) is 5.82 Å². The predicted molar refractivity (Wildman–Crippen MR) is 73.0 cm³/mol. The number of hydrogen-bond donors (Lipinski definition) is 2. The molecule has 1 aromatic carbocycles. The molecule has 1 heterocycles. The van der Waals surface area contributed by atoms with Crippen LogP contribution in [0.5, 0.6) is 0 Å². The molecule has 2 rings (SSSR count). The summed E-state index contributed by atoms with van der Waals surface area (Å²) < 4.78 is 0. The van der Waals surface area contributed by atoms with Crippen LogP contribution in [-0.4, -0.2) is 27.6 Å². The molecule has 1 amide bonds. The maximum atomic E-state index is 11.8. The van der Waals surface area contributed by atoms with E-state index in [1.54, 1.807) is 0 Å². The summed E-state index contributed by atoms with van der Waals surface area (Å²) in [7, 11) is 0. The third-order valence-electron chi connectivity index (χ3n) is 3.01. The number of hydrogen-bond acceptors (Lipinski definition) is 3. The van der Waals surface area contributed by atoms with E-state index in [0.29, 0.717) is 6.54 Å². The van der Waals surface area contributed by atoms with Crippen molar-refractivity contribution in [1.82, 2.24) is 20.5 Å². The Hall–Kier alpha value is -2.17. The average Bonchev–Trinajstić information content (AvgIpc) is 2.90. The maximum absolute atomic E-state index is 11.8. The molecule has 0 radical (unpaired) electrons. The van der Waals surface area contributed by atoms with Crippen molar-refractivity contribution in [3.8, 4) is 0 Å². The molecule has 5 heteroatoms. The zero-order chi connectivity index (χ0) is 13.7. The highest BCUT2D eigenvalue weighted by molar-refractivity contribution is 5.90. The number of aryl methyl sites for hydroxylation is 2. The molecule has 100 valence electrons. The minimum Gasteiger partial charge on any atom is -0.349 e. The maximum Gasteiger partial charge on any atom is 0.290 e. The number of rotatable bonds is 5. The van der Waals surface area contributed by atoms with Crippen LogP contribution in [0.15, 0.2) is 24.3 Å². The fraction of sp³-hybridized carbons (Fsp3) is 0.357. The largest absolute Gasteiger partial charge is 0.349 e. The van der Waals surface area contributed by atoms with Gasteiger partial charge in [-0.05, 0) is 24.5 Å². The van der Waals surface area contributed by atoms with Gasteiger partial charge in [-0.15, -0.1) is 5.10 Å². The van der Waals surface area contributed by atoms with Crippen LogP contribution in [0.25, 0.3) is 0 Å². The molecule has 0 bridgehead atoms. The van der Waals surface area contributed by atoms with Crippen LogP contribution in [0.2, 0.25) is 0 Å². The number of benzene rings is 1. The summed E-state index contributed by atoms with van der Waals surface area (Å²) in [4.78, 5) is 15.9. The van der Waals surface area contributed by atoms with Crippen molar-refractivity contribution in [3.05, 3.63) is 47.0 Å². The Kier molecular flexibility index (Phi) is 4.28. The third-order valence-corrected chi connectivity index (χ3v) is 3.01. The monoisotopic (exact) mass is 258 g/mol. The van der Waals surface area contributed by atoms with Gasteiger partial charge in [0, 0.05) is 13.0 Å². The molecule has 0 spiro atoms. The van der Waals surface area contributed by atoms with Gasteiger partial charge < -0.3 is 5.32 Å².